The predicted molar refractivity (Wildman–Crippen MR) is 98.7 cm³/mol. The third-order valence-electron chi connectivity index (χ3n) is 3.93. The highest BCUT2D eigenvalue weighted by Crippen LogP contribution is 2.29. The zero-order valence-electron chi connectivity index (χ0n) is 14.4. The SMILES string of the molecule is C=C(C)C(=O)OCc1nc(-c2ccccc2)n(C)c1-c1ccccc1. The predicted octanol–water partition coefficient (Wildman–Crippen LogP) is 4.37. The van der Waals surface area contributed by atoms with Gasteiger partial charge < -0.3 is 9.30 Å². The van der Waals surface area contributed by atoms with Gasteiger partial charge in [0.1, 0.15) is 18.1 Å². The third kappa shape index (κ3) is 3.53. The van der Waals surface area contributed by atoms with Gasteiger partial charge in [-0.05, 0) is 6.92 Å². The van der Waals surface area contributed by atoms with Gasteiger partial charge in [-0.3, -0.25) is 0 Å². The first kappa shape index (κ1) is 16.7. The second kappa shape index (κ2) is 7.18. The van der Waals surface area contributed by atoms with E-state index in [9.17, 15) is 4.79 Å². The monoisotopic (exact) mass is 332 g/mol. The molecular formula is C21H20N2O2. The Balaban J connectivity index is 2.06. The molecule has 0 saturated heterocycles. The molecule has 126 valence electrons. The summed E-state index contributed by atoms with van der Waals surface area (Å²) < 4.78 is 7.38. The summed E-state index contributed by atoms with van der Waals surface area (Å²) >= 11 is 0. The van der Waals surface area contributed by atoms with Crippen LogP contribution in [-0.4, -0.2) is 15.5 Å². The molecule has 3 aromatic rings. The second-order valence-corrected chi connectivity index (χ2v) is 5.88. The van der Waals surface area contributed by atoms with Crippen LogP contribution in [0.25, 0.3) is 22.6 Å². The molecule has 0 saturated carbocycles. The summed E-state index contributed by atoms with van der Waals surface area (Å²) in [5.74, 6) is 0.423. The minimum Gasteiger partial charge on any atom is -0.456 e. The van der Waals surface area contributed by atoms with Crippen molar-refractivity contribution < 1.29 is 9.53 Å². The minimum atomic E-state index is -0.411. The molecule has 0 spiro atoms. The highest BCUT2D eigenvalue weighted by molar-refractivity contribution is 5.87. The largest absolute Gasteiger partial charge is 0.456 e. The summed E-state index contributed by atoms with van der Waals surface area (Å²) in [6.45, 7) is 5.36. The van der Waals surface area contributed by atoms with Gasteiger partial charge >= 0.3 is 5.97 Å². The molecule has 0 atom stereocenters. The average molecular weight is 332 g/mol. The van der Waals surface area contributed by atoms with Crippen LogP contribution in [0.1, 0.15) is 12.6 Å². The van der Waals surface area contributed by atoms with Gasteiger partial charge in [0.2, 0.25) is 0 Å². The Morgan fingerprint density at radius 1 is 1.04 bits per heavy atom. The summed E-state index contributed by atoms with van der Waals surface area (Å²) in [6, 6.07) is 19.9. The number of hydrogen-bond donors (Lipinski definition) is 0. The summed E-state index contributed by atoms with van der Waals surface area (Å²) in [5, 5.41) is 0. The van der Waals surface area contributed by atoms with E-state index < -0.39 is 5.97 Å². The quantitative estimate of drug-likeness (QED) is 0.515. The lowest BCUT2D eigenvalue weighted by Crippen LogP contribution is -2.06. The summed E-state index contributed by atoms with van der Waals surface area (Å²) in [6.07, 6.45) is 0. The van der Waals surface area contributed by atoms with E-state index in [-0.39, 0.29) is 6.61 Å². The highest BCUT2D eigenvalue weighted by Gasteiger charge is 2.18. The number of ether oxygens (including phenoxy) is 1. The molecule has 0 unspecified atom stereocenters. The van der Waals surface area contributed by atoms with E-state index in [0.29, 0.717) is 5.57 Å². The van der Waals surface area contributed by atoms with Crippen LogP contribution in [0, 0.1) is 0 Å². The molecule has 0 fully saturated rings. The van der Waals surface area contributed by atoms with Crippen molar-refractivity contribution in [3.05, 3.63) is 78.5 Å². The molecule has 0 aliphatic heterocycles. The first-order valence-corrected chi connectivity index (χ1v) is 8.07. The van der Waals surface area contributed by atoms with Gasteiger partial charge in [-0.2, -0.15) is 0 Å². The van der Waals surface area contributed by atoms with Gasteiger partial charge in [0.15, 0.2) is 0 Å². The molecule has 0 amide bonds. The van der Waals surface area contributed by atoms with Crippen LogP contribution in [0.4, 0.5) is 0 Å². The molecular weight excluding hydrogens is 312 g/mol. The zero-order chi connectivity index (χ0) is 17.8. The number of imidazole rings is 1. The number of hydrogen-bond acceptors (Lipinski definition) is 3. The van der Waals surface area contributed by atoms with Crippen molar-refractivity contribution in [2.45, 2.75) is 13.5 Å². The smallest absolute Gasteiger partial charge is 0.333 e. The molecule has 1 aromatic heterocycles. The highest BCUT2D eigenvalue weighted by atomic mass is 16.5. The van der Waals surface area contributed by atoms with Gasteiger partial charge in [0, 0.05) is 23.7 Å². The average Bonchev–Trinajstić information content (AvgIpc) is 2.97. The Morgan fingerprint density at radius 2 is 1.60 bits per heavy atom. The first-order chi connectivity index (χ1) is 12.1. The lowest BCUT2D eigenvalue weighted by Gasteiger charge is -2.08. The number of aromatic nitrogens is 2. The molecule has 4 nitrogen and oxygen atoms in total. The van der Waals surface area contributed by atoms with Crippen LogP contribution in [0.5, 0.6) is 0 Å². The van der Waals surface area contributed by atoms with Crippen molar-refractivity contribution in [3.8, 4) is 22.6 Å². The van der Waals surface area contributed by atoms with Crippen molar-refractivity contribution >= 4 is 5.97 Å². The summed E-state index contributed by atoms with van der Waals surface area (Å²) in [5.41, 5.74) is 4.08. The fourth-order valence-corrected chi connectivity index (χ4v) is 2.71. The fourth-order valence-electron chi connectivity index (χ4n) is 2.71. The van der Waals surface area contributed by atoms with Crippen LogP contribution in [0.3, 0.4) is 0 Å². The molecule has 0 aliphatic rings. The number of rotatable bonds is 5. The van der Waals surface area contributed by atoms with Crippen LogP contribution < -0.4 is 0 Å². The maximum absolute atomic E-state index is 11.8. The Hall–Kier alpha value is -3.14. The van der Waals surface area contributed by atoms with E-state index in [1.165, 1.54) is 0 Å². The Morgan fingerprint density at radius 3 is 2.16 bits per heavy atom. The van der Waals surface area contributed by atoms with E-state index in [0.717, 1.165) is 28.3 Å². The Labute approximate surface area is 147 Å². The van der Waals surface area contributed by atoms with E-state index >= 15 is 0 Å². The third-order valence-corrected chi connectivity index (χ3v) is 3.93. The maximum Gasteiger partial charge on any atom is 0.333 e. The molecule has 25 heavy (non-hydrogen) atoms. The molecule has 0 N–H and O–H groups in total. The van der Waals surface area contributed by atoms with Gasteiger partial charge in [-0.15, -0.1) is 0 Å². The molecule has 0 radical (unpaired) electrons. The van der Waals surface area contributed by atoms with Gasteiger partial charge in [0.25, 0.3) is 0 Å². The van der Waals surface area contributed by atoms with E-state index in [4.69, 9.17) is 9.72 Å². The Bertz CT molecular complexity index is 896. The number of nitrogens with zero attached hydrogens (tertiary/aromatic N) is 2. The fraction of sp³-hybridized carbons (Fsp3) is 0.143. The number of carbonyl (C=O) groups excluding carboxylic acids is 1. The van der Waals surface area contributed by atoms with E-state index in [1.54, 1.807) is 6.92 Å². The number of carbonyl (C=O) groups is 1. The Kier molecular flexibility index (Phi) is 4.80. The zero-order valence-corrected chi connectivity index (χ0v) is 14.4. The molecule has 0 bridgehead atoms. The van der Waals surface area contributed by atoms with E-state index in [1.807, 2.05) is 72.3 Å². The van der Waals surface area contributed by atoms with Gasteiger partial charge in [-0.25, -0.2) is 9.78 Å². The summed E-state index contributed by atoms with van der Waals surface area (Å²) in [7, 11) is 1.97. The molecule has 2 aromatic carbocycles. The van der Waals surface area contributed by atoms with Crippen molar-refractivity contribution in [3.63, 3.8) is 0 Å². The maximum atomic E-state index is 11.8. The lowest BCUT2D eigenvalue weighted by molar-refractivity contribution is -0.140. The van der Waals surface area contributed by atoms with Crippen molar-refractivity contribution in [2.75, 3.05) is 0 Å². The normalized spacial score (nSPS) is 10.5. The number of esters is 1. The van der Waals surface area contributed by atoms with Crippen molar-refractivity contribution in [2.24, 2.45) is 7.05 Å². The number of benzene rings is 2. The molecule has 1 heterocycles. The van der Waals surface area contributed by atoms with Crippen LogP contribution in [0.15, 0.2) is 72.8 Å². The second-order valence-electron chi connectivity index (χ2n) is 5.88. The van der Waals surface area contributed by atoms with Crippen LogP contribution in [0.2, 0.25) is 0 Å². The first-order valence-electron chi connectivity index (χ1n) is 8.07. The summed E-state index contributed by atoms with van der Waals surface area (Å²) in [4.78, 5) is 16.5. The standard InChI is InChI=1S/C21H20N2O2/c1-15(2)21(24)25-14-18-19(16-10-6-4-7-11-16)23(3)20(22-18)17-12-8-5-9-13-17/h4-13H,1,14H2,2-3H3. The van der Waals surface area contributed by atoms with E-state index in [2.05, 4.69) is 6.58 Å². The van der Waals surface area contributed by atoms with Crippen LogP contribution >= 0.6 is 0 Å². The molecule has 3 rings (SSSR count). The molecule has 0 aliphatic carbocycles. The molecule has 4 heteroatoms. The van der Waals surface area contributed by atoms with Gasteiger partial charge in [0.05, 0.1) is 5.69 Å². The van der Waals surface area contributed by atoms with Crippen LogP contribution in [-0.2, 0) is 23.2 Å². The minimum absolute atomic E-state index is 0.108. The van der Waals surface area contributed by atoms with Gasteiger partial charge in [-0.1, -0.05) is 67.2 Å². The van der Waals surface area contributed by atoms with Crippen molar-refractivity contribution in [1.82, 2.24) is 9.55 Å². The topological polar surface area (TPSA) is 44.1 Å². The van der Waals surface area contributed by atoms with Crippen molar-refractivity contribution in [1.29, 1.82) is 0 Å². The lowest BCUT2D eigenvalue weighted by atomic mass is 10.1.